The fourth-order valence-corrected chi connectivity index (χ4v) is 8.07. The second-order valence-corrected chi connectivity index (χ2v) is 18.1. The number of para-hydroxylation sites is 1. The van der Waals surface area contributed by atoms with Crippen LogP contribution in [0.4, 0.5) is 13.2 Å². The third-order valence-electron chi connectivity index (χ3n) is 7.95. The van der Waals surface area contributed by atoms with Crippen LogP contribution in [0.3, 0.4) is 0 Å². The van der Waals surface area contributed by atoms with Crippen LogP contribution in [0.2, 0.25) is 0 Å². The van der Waals surface area contributed by atoms with E-state index in [1.54, 1.807) is 0 Å². The summed E-state index contributed by atoms with van der Waals surface area (Å²) in [7, 11) is -6.60. The van der Waals surface area contributed by atoms with Crippen LogP contribution in [0.25, 0.3) is 21.5 Å². The number of hydrogen-bond acceptors (Lipinski definition) is 7. The molecule has 7 nitrogen and oxygen atoms in total. The molecule has 6 aromatic carbocycles. The van der Waals surface area contributed by atoms with Gasteiger partial charge in [-0.15, -0.1) is 0 Å². The maximum atomic E-state index is 10.7. The van der Waals surface area contributed by atoms with Crippen molar-refractivity contribution in [3.05, 3.63) is 133 Å². The second-order valence-electron chi connectivity index (χ2n) is 14.8. The summed E-state index contributed by atoms with van der Waals surface area (Å²) in [4.78, 5) is 3.33. The van der Waals surface area contributed by atoms with Crippen molar-refractivity contribution in [2.45, 2.75) is 79.4 Å². The van der Waals surface area contributed by atoms with Crippen LogP contribution in [0.15, 0.2) is 142 Å². The average molecular weight is 807 g/mol. The van der Waals surface area contributed by atoms with Crippen molar-refractivity contribution in [1.82, 2.24) is 0 Å². The monoisotopic (exact) mass is 806 g/mol. The van der Waals surface area contributed by atoms with Gasteiger partial charge in [-0.05, 0) is 111 Å². The van der Waals surface area contributed by atoms with E-state index in [0.717, 1.165) is 38.4 Å². The minimum atomic E-state index is -6.09. The maximum absolute atomic E-state index is 10.7. The van der Waals surface area contributed by atoms with Gasteiger partial charge in [0.05, 0.1) is 6.61 Å². The predicted molar refractivity (Wildman–Crippen MR) is 215 cm³/mol. The number of rotatable bonds is 11. The van der Waals surface area contributed by atoms with Crippen molar-refractivity contribution in [3.63, 3.8) is 0 Å². The normalized spacial score (nSPS) is 12.3. The van der Waals surface area contributed by atoms with E-state index < -0.39 is 26.5 Å². The van der Waals surface area contributed by atoms with Gasteiger partial charge in [0.15, 0.2) is 32.5 Å². The van der Waals surface area contributed by atoms with E-state index in [9.17, 15) is 13.2 Å². The number of ether oxygens (including phenoxy) is 4. The first-order valence-corrected chi connectivity index (χ1v) is 20.5. The Bertz CT molecular complexity index is 2310. The predicted octanol–water partition coefficient (Wildman–Crippen LogP) is 11.1. The Morgan fingerprint density at radius 1 is 0.625 bits per heavy atom. The fraction of sp³-hybridized carbons (Fsp3) is 0.273. The molecule has 0 unspecified atom stereocenters. The molecule has 296 valence electrons. The van der Waals surface area contributed by atoms with Gasteiger partial charge in [0.1, 0.15) is 33.6 Å². The maximum Gasteiger partial charge on any atom is 0.485 e. The summed E-state index contributed by atoms with van der Waals surface area (Å²) in [6.45, 7) is 13.1. The van der Waals surface area contributed by atoms with Crippen LogP contribution in [0.5, 0.6) is 17.2 Å². The van der Waals surface area contributed by atoms with Gasteiger partial charge in [0.25, 0.3) is 0 Å². The van der Waals surface area contributed by atoms with E-state index in [1.165, 1.54) is 27.1 Å². The molecule has 0 fully saturated rings. The van der Waals surface area contributed by atoms with Crippen LogP contribution < -0.4 is 14.2 Å². The Kier molecular flexibility index (Phi) is 13.3. The Morgan fingerprint density at radius 2 is 1.12 bits per heavy atom. The van der Waals surface area contributed by atoms with Crippen molar-refractivity contribution < 1.29 is 45.1 Å². The molecule has 0 heterocycles. The Morgan fingerprint density at radius 3 is 1.68 bits per heavy atom. The highest BCUT2D eigenvalue weighted by Crippen LogP contribution is 2.39. The van der Waals surface area contributed by atoms with Crippen molar-refractivity contribution >= 4 is 42.6 Å². The lowest BCUT2D eigenvalue weighted by Crippen LogP contribution is -2.23. The van der Waals surface area contributed by atoms with Crippen LogP contribution in [-0.4, -0.2) is 43.1 Å². The molecule has 0 atom stereocenters. The first kappa shape index (κ1) is 42.4. The number of alkyl halides is 3. The topological polar surface area (TPSA) is 94.1 Å². The molecule has 56 heavy (non-hydrogen) atoms. The molecule has 6 rings (SSSR count). The zero-order valence-electron chi connectivity index (χ0n) is 32.1. The zero-order chi connectivity index (χ0) is 40.7. The standard InChI is InChI=1S/C43H45O4S.CHF3O3S/c1-42(2,3)46-33-16-13-18-35(28-33)48(36-19-14-17-34(29-36)47-43(4,5)6)41-24-12-11-23-40(41)45-30-44-26-25-32-27-31-15-7-8-20-37(31)39-22-10-9-21-38(32)39;2-1(3,4)8(5,6)7/h7-24,27-29H,25-26,30H2,1-6H3;(H,5,6,7)/q+1;/p-1. The van der Waals surface area contributed by atoms with Crippen molar-refractivity contribution in [3.8, 4) is 17.2 Å². The van der Waals surface area contributed by atoms with Gasteiger partial charge in [-0.25, -0.2) is 8.42 Å². The van der Waals surface area contributed by atoms with E-state index in [1.807, 2.05) is 24.3 Å². The summed E-state index contributed by atoms with van der Waals surface area (Å²) in [5.41, 5.74) is -4.99. The molecule has 12 heteroatoms. The summed E-state index contributed by atoms with van der Waals surface area (Å²) < 4.78 is 84.0. The van der Waals surface area contributed by atoms with Gasteiger partial charge in [0, 0.05) is 12.1 Å². The quantitative estimate of drug-likeness (QED) is 0.0321. The summed E-state index contributed by atoms with van der Waals surface area (Å²) in [6, 6.07) is 44.5. The number of halogens is 3. The third kappa shape index (κ3) is 11.6. The second kappa shape index (κ2) is 17.6. The van der Waals surface area contributed by atoms with Crippen LogP contribution in [-0.2, 0) is 32.2 Å². The molecule has 0 amide bonds. The Labute approximate surface area is 329 Å². The fourth-order valence-electron chi connectivity index (χ4n) is 5.85. The minimum absolute atomic E-state index is 0.153. The van der Waals surface area contributed by atoms with E-state index in [0.29, 0.717) is 6.61 Å². The molecule has 0 aliphatic rings. The Hall–Kier alpha value is -4.75. The first-order valence-electron chi connectivity index (χ1n) is 17.8. The summed E-state index contributed by atoms with van der Waals surface area (Å²) in [5, 5.41) is 5.07. The van der Waals surface area contributed by atoms with Crippen molar-refractivity contribution in [2.24, 2.45) is 0 Å². The molecule has 0 bridgehead atoms. The molecule has 0 aliphatic heterocycles. The molecule has 0 saturated carbocycles. The van der Waals surface area contributed by atoms with Gasteiger partial charge in [0.2, 0.25) is 4.90 Å². The molecule has 0 spiro atoms. The molecule has 0 N–H and O–H groups in total. The van der Waals surface area contributed by atoms with Crippen LogP contribution >= 0.6 is 0 Å². The van der Waals surface area contributed by atoms with Gasteiger partial charge in [-0.3, -0.25) is 0 Å². The van der Waals surface area contributed by atoms with E-state index in [-0.39, 0.29) is 18.0 Å². The van der Waals surface area contributed by atoms with Crippen molar-refractivity contribution in [2.75, 3.05) is 13.4 Å². The smallest absolute Gasteiger partial charge is 0.485 e. The Balaban J connectivity index is 0.000000677. The SMILES string of the molecule is CC(C)(C)Oc1cccc([S+](c2cccc(OC(C)(C)C)c2)c2ccccc2OCOCCc2cc3ccccc3c3ccccc23)c1.O=S(=O)([O-])C(F)(F)F. The first-order chi connectivity index (χ1) is 26.3. The minimum Gasteiger partial charge on any atom is -0.741 e. The number of benzene rings is 6. The van der Waals surface area contributed by atoms with E-state index in [4.69, 9.17) is 31.9 Å². The van der Waals surface area contributed by atoms with Crippen molar-refractivity contribution in [1.29, 1.82) is 0 Å². The lowest BCUT2D eigenvalue weighted by Gasteiger charge is -2.22. The molecule has 0 aromatic heterocycles. The van der Waals surface area contributed by atoms with Gasteiger partial charge in [-0.2, -0.15) is 13.2 Å². The third-order valence-corrected chi connectivity index (χ3v) is 10.7. The van der Waals surface area contributed by atoms with Crippen LogP contribution in [0, 0.1) is 0 Å². The van der Waals surface area contributed by atoms with Gasteiger partial charge < -0.3 is 23.5 Å². The lowest BCUT2D eigenvalue weighted by molar-refractivity contribution is -0.0517. The number of fused-ring (bicyclic) bond motifs is 3. The molecular weight excluding hydrogens is 762 g/mol. The highest BCUT2D eigenvalue weighted by Gasteiger charge is 2.37. The lowest BCUT2D eigenvalue weighted by atomic mass is 9.96. The zero-order valence-corrected chi connectivity index (χ0v) is 33.7. The summed E-state index contributed by atoms with van der Waals surface area (Å²) >= 11 is 0. The molecule has 0 radical (unpaired) electrons. The summed E-state index contributed by atoms with van der Waals surface area (Å²) in [5.74, 6) is 2.46. The van der Waals surface area contributed by atoms with Gasteiger partial charge >= 0.3 is 5.51 Å². The average Bonchev–Trinajstić information content (AvgIpc) is 3.10. The van der Waals surface area contributed by atoms with Gasteiger partial charge in [-0.1, -0.05) is 78.9 Å². The van der Waals surface area contributed by atoms with E-state index >= 15 is 0 Å². The summed E-state index contributed by atoms with van der Waals surface area (Å²) in [6.07, 6.45) is 0.794. The molecule has 0 aliphatic carbocycles. The molecule has 0 saturated heterocycles. The molecule has 6 aromatic rings. The number of hydrogen-bond donors (Lipinski definition) is 0. The van der Waals surface area contributed by atoms with E-state index in [2.05, 4.69) is 145 Å². The largest absolute Gasteiger partial charge is 0.741 e. The van der Waals surface area contributed by atoms with Crippen LogP contribution in [0.1, 0.15) is 47.1 Å². The molecular formula is C44H45F3O7S2. The highest BCUT2D eigenvalue weighted by molar-refractivity contribution is 7.97. The highest BCUT2D eigenvalue weighted by atomic mass is 32.2.